The normalized spacial score (nSPS) is 51.0. The summed E-state index contributed by atoms with van der Waals surface area (Å²) in [6.45, 7) is 17.3. The van der Waals surface area contributed by atoms with Crippen molar-refractivity contribution in [2.75, 3.05) is 0 Å². The number of carbonyl (C=O) groups excluding carboxylic acids is 1. The molecule has 28 heteroatoms. The molecule has 33 atom stereocenters. The number of allylic oxidation sites excluding steroid dienone is 4. The molecular formula is C57H91NaO26S. The Bertz CT molecular complexity index is 2470. The summed E-state index contributed by atoms with van der Waals surface area (Å²) in [6, 6.07) is 0. The van der Waals surface area contributed by atoms with Gasteiger partial charge in [0, 0.05) is 0 Å². The van der Waals surface area contributed by atoms with Crippen LogP contribution in [0.25, 0.3) is 0 Å². The molecule has 0 radical (unpaired) electrons. The van der Waals surface area contributed by atoms with Crippen LogP contribution in [0.1, 0.15) is 127 Å². The first-order valence-corrected chi connectivity index (χ1v) is 31.1. The minimum atomic E-state index is -5.11. The van der Waals surface area contributed by atoms with Crippen LogP contribution in [-0.4, -0.2) is 240 Å². The van der Waals surface area contributed by atoms with Crippen LogP contribution in [-0.2, 0) is 66.7 Å². The first-order chi connectivity index (χ1) is 39.2. The van der Waals surface area contributed by atoms with Crippen molar-refractivity contribution < 1.29 is 155 Å². The maximum atomic E-state index is 14.4. The fourth-order valence-electron chi connectivity index (χ4n) is 15.6. The van der Waals surface area contributed by atoms with Gasteiger partial charge in [-0.15, -0.1) is 0 Å². The SMILES string of the molecule is CC(C)=CCC[C@](C)(O)[C@H]1CC[C@H]2[C@@H]3C[C@H](O[C@@H]4O[C@H](C)C(=O)[C@H](O[C@@H]5O[C@H](C)[C@@H](O[C@@H]6O[C@H](C)[C@H](O)[C@H](O)[C@H]6O[C@@H]6O[C@H](C)[C@@H](O)[C@H](O)[C@H]6O)[C@H](O)[C@H]5O[C@@H]5O[C@H](C)[C@@H](O)[C@H](O)[C@H]5O)[C@H]4O)[C@H]4C[C@@H](OS(=O)(=O)[O-])CC[C@]4(C)C3=CC[C@@]21C.[Na+]. The maximum absolute atomic E-state index is 14.4. The van der Waals surface area contributed by atoms with Gasteiger partial charge in [0.05, 0.1) is 42.2 Å². The van der Waals surface area contributed by atoms with Gasteiger partial charge in [-0.1, -0.05) is 37.1 Å². The van der Waals surface area contributed by atoms with Crippen molar-refractivity contribution in [2.24, 2.45) is 34.5 Å². The quantitative estimate of drug-likeness (QED) is 0.0307. The molecule has 8 fully saturated rings. The van der Waals surface area contributed by atoms with Crippen LogP contribution >= 0.6 is 0 Å². The molecule has 0 unspecified atom stereocenters. The van der Waals surface area contributed by atoms with Crippen molar-refractivity contribution in [1.82, 2.24) is 0 Å². The molecule has 26 nitrogen and oxygen atoms in total. The monoisotopic (exact) mass is 1250 g/mol. The van der Waals surface area contributed by atoms with Crippen LogP contribution in [0.5, 0.6) is 0 Å². The van der Waals surface area contributed by atoms with Gasteiger partial charge in [-0.05, 0) is 148 Å². The van der Waals surface area contributed by atoms with E-state index in [1.54, 1.807) is 0 Å². The van der Waals surface area contributed by atoms with Crippen molar-refractivity contribution in [3.05, 3.63) is 23.3 Å². The Morgan fingerprint density at radius 2 is 1.16 bits per heavy atom. The minimum absolute atomic E-state index is 0. The number of ether oxygens (including phenoxy) is 10. The van der Waals surface area contributed by atoms with E-state index in [0.29, 0.717) is 25.7 Å². The third-order valence-electron chi connectivity index (χ3n) is 20.4. The molecule has 5 heterocycles. The van der Waals surface area contributed by atoms with E-state index in [1.165, 1.54) is 45.8 Å². The van der Waals surface area contributed by atoms with E-state index in [2.05, 4.69) is 26.0 Å². The second-order valence-corrected chi connectivity index (χ2v) is 27.4. The summed E-state index contributed by atoms with van der Waals surface area (Å²) >= 11 is 0. The smallest absolute Gasteiger partial charge is 0.726 e. The number of ketones is 1. The van der Waals surface area contributed by atoms with Gasteiger partial charge in [-0.2, -0.15) is 0 Å². The maximum Gasteiger partial charge on any atom is 1.00 e. The fraction of sp³-hybridized carbons (Fsp3) is 0.912. The standard InChI is InChI=1S/C57H92O26S.Na/c1-22(2)12-11-17-57(10,69)34-14-13-30-29-21-33(32-20-28(83-84(70,71)72)15-18-55(32,8)31(29)16-19-56(30,34)9)78-52-45(68)47(38(61)26(6)75-52)80-54-49(82-51-43(66)40(63)36(59)24(4)74-51)44(67)46(27(7)77-54)79-53-48(41(64)37(60)25(5)76-53)81-50-42(65)39(62)35(58)23(3)73-50;/h12,16,23-30,32-37,39-54,58-60,62-69H,11,13-15,17-21H2,1-10H3,(H,70,71,72);/q;+1/p-1/t23-,24-,25-,26-,27-,28+,29+,30+,32-,33+,34+,35-,36-,37+,39+,40+,41+,42-,43-,44+,45-,46-,47+,48-,49-,50+,51+,52+,53+,54+,55-,56+,57+;/m1./s1. The topological polar surface area (TPSA) is 398 Å². The third kappa shape index (κ3) is 14.0. The first-order valence-electron chi connectivity index (χ1n) is 29.8. The average molecular weight is 1250 g/mol. The molecule has 9 aliphatic rings. The molecule has 5 aliphatic heterocycles. The van der Waals surface area contributed by atoms with Gasteiger partial charge in [-0.3, -0.25) is 8.98 Å². The predicted molar refractivity (Wildman–Crippen MR) is 286 cm³/mol. The zero-order valence-electron chi connectivity index (χ0n) is 50.3. The van der Waals surface area contributed by atoms with E-state index in [-0.39, 0.29) is 65.6 Å². The van der Waals surface area contributed by atoms with Crippen molar-refractivity contribution in [1.29, 1.82) is 0 Å². The summed E-state index contributed by atoms with van der Waals surface area (Å²) in [5.41, 5.74) is 0.429. The Labute approximate surface area is 518 Å². The minimum Gasteiger partial charge on any atom is -0.726 e. The second kappa shape index (κ2) is 27.0. The molecule has 0 bridgehead atoms. The fourth-order valence-corrected chi connectivity index (χ4v) is 16.1. The Hall–Kier alpha value is -0.820. The van der Waals surface area contributed by atoms with E-state index >= 15 is 0 Å². The molecule has 3 saturated carbocycles. The van der Waals surface area contributed by atoms with Crippen LogP contribution in [0.4, 0.5) is 0 Å². The van der Waals surface area contributed by atoms with Gasteiger partial charge < -0.3 is 108 Å². The Kier molecular flexibility index (Phi) is 22.3. The van der Waals surface area contributed by atoms with E-state index in [4.69, 9.17) is 51.6 Å². The van der Waals surface area contributed by atoms with Crippen LogP contribution in [0.2, 0.25) is 0 Å². The van der Waals surface area contributed by atoms with E-state index in [0.717, 1.165) is 19.3 Å². The van der Waals surface area contributed by atoms with Crippen molar-refractivity contribution in [2.45, 2.75) is 292 Å². The second-order valence-electron chi connectivity index (χ2n) is 26.4. The molecule has 4 aliphatic carbocycles. The summed E-state index contributed by atoms with van der Waals surface area (Å²) in [6.07, 6.45) is -32.4. The van der Waals surface area contributed by atoms with Gasteiger partial charge in [0.25, 0.3) is 0 Å². The molecule has 5 saturated heterocycles. The van der Waals surface area contributed by atoms with Gasteiger partial charge in [-0.25, -0.2) is 8.42 Å². The van der Waals surface area contributed by atoms with Crippen LogP contribution in [0.15, 0.2) is 23.3 Å². The number of aliphatic hydroxyl groups excluding tert-OH is 10. The molecular weight excluding hydrogens is 1160 g/mol. The number of hydrogen-bond donors (Lipinski definition) is 11. The van der Waals surface area contributed by atoms with Crippen LogP contribution < -0.4 is 29.6 Å². The van der Waals surface area contributed by atoms with E-state index < -0.39 is 193 Å². The molecule has 0 spiro atoms. The van der Waals surface area contributed by atoms with Crippen molar-refractivity contribution in [3.63, 3.8) is 0 Å². The summed E-state index contributed by atoms with van der Waals surface area (Å²) in [5, 5.41) is 124. The molecule has 0 aromatic heterocycles. The Morgan fingerprint density at radius 1 is 0.647 bits per heavy atom. The molecule has 482 valence electrons. The van der Waals surface area contributed by atoms with Crippen molar-refractivity contribution in [3.8, 4) is 0 Å². The summed E-state index contributed by atoms with van der Waals surface area (Å²) in [4.78, 5) is 14.4. The van der Waals surface area contributed by atoms with Gasteiger partial charge in [0.1, 0.15) is 85.5 Å². The zero-order chi connectivity index (χ0) is 61.6. The molecule has 11 N–H and O–H groups in total. The van der Waals surface area contributed by atoms with E-state index in [9.17, 15) is 73.9 Å². The third-order valence-corrected chi connectivity index (χ3v) is 20.9. The van der Waals surface area contributed by atoms with Gasteiger partial charge in [0.15, 0.2) is 43.3 Å². The number of hydrogen-bond acceptors (Lipinski definition) is 26. The molecule has 0 aromatic rings. The largest absolute Gasteiger partial charge is 1.00 e. The average Bonchev–Trinajstić information content (AvgIpc) is 1.77. The van der Waals surface area contributed by atoms with Crippen LogP contribution in [0.3, 0.4) is 0 Å². The Morgan fingerprint density at radius 3 is 1.74 bits per heavy atom. The van der Waals surface area contributed by atoms with Gasteiger partial charge >= 0.3 is 29.6 Å². The summed E-state index contributed by atoms with van der Waals surface area (Å²) in [5.74, 6) is -1.36. The predicted octanol–water partition coefficient (Wildman–Crippen LogP) is -3.65. The molecule has 0 amide bonds. The van der Waals surface area contributed by atoms with Gasteiger partial charge in [0.2, 0.25) is 10.4 Å². The summed E-state index contributed by atoms with van der Waals surface area (Å²) < 4.78 is 103. The molecule has 9 rings (SSSR count). The number of carbonyl (C=O) groups is 1. The van der Waals surface area contributed by atoms with E-state index in [1.807, 2.05) is 20.8 Å². The number of fused-ring (bicyclic) bond motifs is 5. The number of rotatable bonds is 16. The van der Waals surface area contributed by atoms with Crippen LogP contribution in [0, 0.1) is 34.5 Å². The zero-order valence-corrected chi connectivity index (χ0v) is 53.1. The molecule has 85 heavy (non-hydrogen) atoms. The number of Topliss-reactive ketones (excluding diaryl/α,β-unsaturated/α-hetero) is 1. The molecule has 0 aromatic carbocycles. The Balaban J connectivity index is 0.00000940. The summed E-state index contributed by atoms with van der Waals surface area (Å²) in [7, 11) is -5.11. The number of aliphatic hydroxyl groups is 11. The first kappa shape index (κ1) is 70.1. The van der Waals surface area contributed by atoms with Crippen molar-refractivity contribution >= 4 is 16.2 Å².